The van der Waals surface area contributed by atoms with E-state index in [-0.39, 0.29) is 17.2 Å². The third kappa shape index (κ3) is 3.50. The Morgan fingerprint density at radius 1 is 1.23 bits per heavy atom. The van der Waals surface area contributed by atoms with E-state index in [0.717, 1.165) is 24.2 Å². The number of pyridine rings is 1. The average Bonchev–Trinajstić information content (AvgIpc) is 2.99. The van der Waals surface area contributed by atoms with Gasteiger partial charge < -0.3 is 14.9 Å². The first-order valence-corrected chi connectivity index (χ1v) is 8.44. The molecule has 138 valence electrons. The van der Waals surface area contributed by atoms with Crippen LogP contribution < -0.4 is 10.5 Å². The highest BCUT2D eigenvalue weighted by Gasteiger charge is 2.32. The van der Waals surface area contributed by atoms with Crippen LogP contribution in [0.25, 0.3) is 16.9 Å². The molecule has 3 rings (SSSR count). The molecule has 0 radical (unpaired) electrons. The maximum Gasteiger partial charge on any atom is 0.417 e. The van der Waals surface area contributed by atoms with Crippen LogP contribution in [0, 0.1) is 0 Å². The minimum absolute atomic E-state index is 0.0161. The fraction of sp³-hybridized carbons (Fsp3) is 0.278. The zero-order chi connectivity index (χ0) is 18.9. The number of rotatable bonds is 5. The van der Waals surface area contributed by atoms with Crippen molar-refractivity contribution in [1.29, 1.82) is 0 Å². The van der Waals surface area contributed by atoms with Gasteiger partial charge in [0.15, 0.2) is 5.65 Å². The summed E-state index contributed by atoms with van der Waals surface area (Å²) in [6.45, 7) is 2.64. The van der Waals surface area contributed by atoms with E-state index in [1.807, 2.05) is 6.92 Å². The van der Waals surface area contributed by atoms with Crippen molar-refractivity contribution in [3.63, 3.8) is 0 Å². The Bertz CT molecular complexity index is 920. The fourth-order valence-electron chi connectivity index (χ4n) is 2.66. The quantitative estimate of drug-likeness (QED) is 0.680. The van der Waals surface area contributed by atoms with E-state index in [1.165, 1.54) is 4.40 Å². The second kappa shape index (κ2) is 7.17. The smallest absolute Gasteiger partial charge is 0.417 e. The minimum atomic E-state index is -4.51. The van der Waals surface area contributed by atoms with Gasteiger partial charge in [0.25, 0.3) is 0 Å². The van der Waals surface area contributed by atoms with Gasteiger partial charge in [-0.1, -0.05) is 18.5 Å². The molecule has 0 saturated carbocycles. The third-order valence-corrected chi connectivity index (χ3v) is 4.17. The Kier molecular flexibility index (Phi) is 5.11. The van der Waals surface area contributed by atoms with Crippen LogP contribution >= 0.6 is 11.6 Å². The van der Waals surface area contributed by atoms with Gasteiger partial charge in [0.1, 0.15) is 5.75 Å². The van der Waals surface area contributed by atoms with Gasteiger partial charge >= 0.3 is 6.18 Å². The second-order valence-electron chi connectivity index (χ2n) is 5.75. The van der Waals surface area contributed by atoms with Crippen molar-refractivity contribution in [3.05, 3.63) is 52.8 Å². The molecule has 0 saturated heterocycles. The number of nitrogens with two attached hydrogens (primary N) is 1. The Morgan fingerprint density at radius 3 is 2.50 bits per heavy atom. The number of fused-ring (bicyclic) bond motifs is 1. The van der Waals surface area contributed by atoms with Crippen molar-refractivity contribution in [2.24, 2.45) is 5.73 Å². The van der Waals surface area contributed by atoms with E-state index < -0.39 is 11.7 Å². The largest absolute Gasteiger partial charge is 0.494 e. The Hall–Kier alpha value is -2.25. The molecule has 0 unspecified atom stereocenters. The SMILES string of the molecule is CCCOc1ccc(-c2nc3c(Cl)cc(C(F)(F)F)cn3c2CN)cc1. The number of nitrogens with zero attached hydrogens (tertiary/aromatic N) is 2. The molecule has 2 heterocycles. The standard InChI is InChI=1S/C18H17ClF3N3O/c1-2-7-26-13-5-3-11(4-6-13)16-15(9-23)25-10-12(18(20,21)22)8-14(19)17(25)24-16/h3-6,8,10H,2,7,9,23H2,1H3. The molecule has 0 amide bonds. The summed E-state index contributed by atoms with van der Waals surface area (Å²) in [6, 6.07) is 8.04. The molecule has 0 aliphatic heterocycles. The number of alkyl halides is 3. The summed E-state index contributed by atoms with van der Waals surface area (Å²) in [4.78, 5) is 4.41. The van der Waals surface area contributed by atoms with Gasteiger partial charge in [0.2, 0.25) is 0 Å². The van der Waals surface area contributed by atoms with Gasteiger partial charge in [-0.25, -0.2) is 4.98 Å². The molecule has 1 aromatic carbocycles. The summed E-state index contributed by atoms with van der Waals surface area (Å²) in [5.41, 5.74) is 6.86. The van der Waals surface area contributed by atoms with Crippen molar-refractivity contribution in [1.82, 2.24) is 9.38 Å². The highest BCUT2D eigenvalue weighted by atomic mass is 35.5. The maximum absolute atomic E-state index is 13.1. The second-order valence-corrected chi connectivity index (χ2v) is 6.16. The molecule has 2 aromatic heterocycles. The van der Waals surface area contributed by atoms with Gasteiger partial charge in [-0.3, -0.25) is 0 Å². The predicted molar refractivity (Wildman–Crippen MR) is 94.3 cm³/mol. The summed E-state index contributed by atoms with van der Waals surface area (Å²) in [6.07, 6.45) is -2.64. The van der Waals surface area contributed by atoms with Crippen LogP contribution in [-0.4, -0.2) is 16.0 Å². The summed E-state index contributed by atoms with van der Waals surface area (Å²) in [7, 11) is 0. The number of halogens is 4. The fourth-order valence-corrected chi connectivity index (χ4v) is 2.91. The number of aromatic nitrogens is 2. The van der Waals surface area contributed by atoms with Crippen molar-refractivity contribution >= 4 is 17.2 Å². The van der Waals surface area contributed by atoms with Crippen LogP contribution in [-0.2, 0) is 12.7 Å². The molecule has 3 aromatic rings. The zero-order valence-corrected chi connectivity index (χ0v) is 14.7. The van der Waals surface area contributed by atoms with Gasteiger partial charge in [-0.15, -0.1) is 0 Å². The van der Waals surface area contributed by atoms with E-state index in [1.54, 1.807) is 24.3 Å². The Balaban J connectivity index is 2.10. The zero-order valence-electron chi connectivity index (χ0n) is 14.0. The highest BCUT2D eigenvalue weighted by Crippen LogP contribution is 2.35. The lowest BCUT2D eigenvalue weighted by molar-refractivity contribution is -0.137. The van der Waals surface area contributed by atoms with E-state index >= 15 is 0 Å². The molecule has 0 bridgehead atoms. The van der Waals surface area contributed by atoms with E-state index in [4.69, 9.17) is 22.1 Å². The molecule has 4 nitrogen and oxygen atoms in total. The summed E-state index contributed by atoms with van der Waals surface area (Å²) < 4.78 is 46.1. The summed E-state index contributed by atoms with van der Waals surface area (Å²) >= 11 is 6.04. The first kappa shape index (κ1) is 18.5. The maximum atomic E-state index is 13.1. The number of hydrogen-bond acceptors (Lipinski definition) is 3. The van der Waals surface area contributed by atoms with E-state index in [9.17, 15) is 13.2 Å². The number of benzene rings is 1. The first-order chi connectivity index (χ1) is 12.3. The van der Waals surface area contributed by atoms with Crippen molar-refractivity contribution < 1.29 is 17.9 Å². The van der Waals surface area contributed by atoms with Crippen molar-refractivity contribution in [3.8, 4) is 17.0 Å². The molecule has 2 N–H and O–H groups in total. The molecular weight excluding hydrogens is 367 g/mol. The van der Waals surface area contributed by atoms with E-state index in [2.05, 4.69) is 4.98 Å². The van der Waals surface area contributed by atoms with Crippen molar-refractivity contribution in [2.45, 2.75) is 26.1 Å². The van der Waals surface area contributed by atoms with Crippen LogP contribution in [0.5, 0.6) is 5.75 Å². The molecule has 26 heavy (non-hydrogen) atoms. The molecule has 0 aliphatic carbocycles. The van der Waals surface area contributed by atoms with Crippen LogP contribution in [0.2, 0.25) is 5.02 Å². The lowest BCUT2D eigenvalue weighted by Crippen LogP contribution is -2.09. The topological polar surface area (TPSA) is 52.5 Å². The lowest BCUT2D eigenvalue weighted by Gasteiger charge is -2.09. The molecule has 0 aliphatic rings. The number of imidazole rings is 1. The van der Waals surface area contributed by atoms with Crippen LogP contribution in [0.15, 0.2) is 36.5 Å². The Morgan fingerprint density at radius 2 is 1.92 bits per heavy atom. The third-order valence-electron chi connectivity index (χ3n) is 3.90. The monoisotopic (exact) mass is 383 g/mol. The molecule has 0 spiro atoms. The van der Waals surface area contributed by atoms with Gasteiger partial charge in [0.05, 0.1) is 28.6 Å². The highest BCUT2D eigenvalue weighted by molar-refractivity contribution is 6.33. The molecule has 0 atom stereocenters. The van der Waals surface area contributed by atoms with Crippen LogP contribution in [0.3, 0.4) is 0 Å². The van der Waals surface area contributed by atoms with E-state index in [0.29, 0.717) is 23.7 Å². The van der Waals surface area contributed by atoms with Crippen LogP contribution in [0.1, 0.15) is 24.6 Å². The molecule has 8 heteroatoms. The first-order valence-electron chi connectivity index (χ1n) is 8.06. The van der Waals surface area contributed by atoms with Gasteiger partial charge in [-0.05, 0) is 36.8 Å². The normalized spacial score (nSPS) is 11.9. The van der Waals surface area contributed by atoms with Crippen molar-refractivity contribution in [2.75, 3.05) is 6.61 Å². The summed E-state index contributed by atoms with van der Waals surface area (Å²) in [5.74, 6) is 0.714. The predicted octanol–water partition coefficient (Wildman–Crippen LogP) is 4.92. The Labute approximate surface area is 153 Å². The number of ether oxygens (including phenoxy) is 1. The van der Waals surface area contributed by atoms with Crippen LogP contribution in [0.4, 0.5) is 13.2 Å². The molecular formula is C18H17ClF3N3O. The molecule has 0 fully saturated rings. The average molecular weight is 384 g/mol. The summed E-state index contributed by atoms with van der Waals surface area (Å²) in [5, 5.41) is -0.0799. The number of hydrogen-bond donors (Lipinski definition) is 1. The van der Waals surface area contributed by atoms with Gasteiger partial charge in [0, 0.05) is 18.3 Å². The lowest BCUT2D eigenvalue weighted by atomic mass is 10.1. The van der Waals surface area contributed by atoms with Gasteiger partial charge in [-0.2, -0.15) is 13.2 Å². The minimum Gasteiger partial charge on any atom is -0.494 e.